The van der Waals surface area contributed by atoms with Gasteiger partial charge >= 0.3 is 0 Å². The molecule has 5 rings (SSSR count). The summed E-state index contributed by atoms with van der Waals surface area (Å²) in [6, 6.07) is 10.4. The molecule has 8 heteroatoms. The van der Waals surface area contributed by atoms with E-state index < -0.39 is 0 Å². The van der Waals surface area contributed by atoms with Crippen molar-refractivity contribution in [3.8, 4) is 5.75 Å². The number of nitrogens with one attached hydrogen (secondary N) is 1. The van der Waals surface area contributed by atoms with Gasteiger partial charge in [0, 0.05) is 51.0 Å². The predicted octanol–water partition coefficient (Wildman–Crippen LogP) is 3.89. The van der Waals surface area contributed by atoms with E-state index in [4.69, 9.17) is 19.4 Å². The third-order valence-corrected chi connectivity index (χ3v) is 7.32. The van der Waals surface area contributed by atoms with Gasteiger partial charge in [-0.3, -0.25) is 9.69 Å². The van der Waals surface area contributed by atoms with Crippen LogP contribution in [0.5, 0.6) is 5.75 Å². The van der Waals surface area contributed by atoms with Crippen molar-refractivity contribution in [2.45, 2.75) is 64.6 Å². The number of hydrogen-bond donors (Lipinski definition) is 1. The average Bonchev–Trinajstić information content (AvgIpc) is 3.07. The van der Waals surface area contributed by atoms with E-state index in [2.05, 4.69) is 21.8 Å². The number of nitrogens with zero attached hydrogens (tertiary/aromatic N) is 4. The number of rotatable bonds is 8. The first-order valence-corrected chi connectivity index (χ1v) is 13.2. The summed E-state index contributed by atoms with van der Waals surface area (Å²) in [6.07, 6.45) is 6.56. The highest BCUT2D eigenvalue weighted by Gasteiger charge is 2.21. The maximum absolute atomic E-state index is 13.2. The van der Waals surface area contributed by atoms with Crippen LogP contribution in [0.3, 0.4) is 0 Å². The molecule has 1 fully saturated rings. The second-order valence-corrected chi connectivity index (χ2v) is 9.98. The molecule has 0 unspecified atom stereocenters. The zero-order chi connectivity index (χ0) is 24.9. The number of aryl methyl sites for hydroxylation is 3. The van der Waals surface area contributed by atoms with Gasteiger partial charge in [-0.25, -0.2) is 9.97 Å². The Morgan fingerprint density at radius 3 is 2.92 bits per heavy atom. The Morgan fingerprint density at radius 1 is 1.19 bits per heavy atom. The highest BCUT2D eigenvalue weighted by molar-refractivity contribution is 6.04. The van der Waals surface area contributed by atoms with E-state index >= 15 is 0 Å². The van der Waals surface area contributed by atoms with Crippen molar-refractivity contribution in [1.82, 2.24) is 24.8 Å². The summed E-state index contributed by atoms with van der Waals surface area (Å²) in [4.78, 5) is 25.1. The smallest absolute Gasteiger partial charge is 0.253 e. The van der Waals surface area contributed by atoms with Gasteiger partial charge in [0.2, 0.25) is 0 Å². The third-order valence-electron chi connectivity index (χ3n) is 7.32. The van der Waals surface area contributed by atoms with Crippen LogP contribution in [0.25, 0.3) is 11.2 Å². The van der Waals surface area contributed by atoms with Gasteiger partial charge in [0.1, 0.15) is 23.7 Å². The molecule has 0 radical (unpaired) electrons. The molecule has 0 spiro atoms. The van der Waals surface area contributed by atoms with E-state index in [1.165, 1.54) is 6.42 Å². The van der Waals surface area contributed by atoms with Crippen molar-refractivity contribution < 1.29 is 14.3 Å². The van der Waals surface area contributed by atoms with Crippen LogP contribution in [0.1, 0.15) is 59.5 Å². The molecule has 0 aliphatic carbocycles. The summed E-state index contributed by atoms with van der Waals surface area (Å²) >= 11 is 0. The molecule has 1 aromatic carbocycles. The molecule has 1 saturated heterocycles. The fourth-order valence-corrected chi connectivity index (χ4v) is 5.23. The monoisotopic (exact) mass is 491 g/mol. The largest absolute Gasteiger partial charge is 0.492 e. The first-order valence-electron chi connectivity index (χ1n) is 13.2. The Bertz CT molecular complexity index is 1200. The zero-order valence-electron chi connectivity index (χ0n) is 21.5. The maximum atomic E-state index is 13.2. The lowest BCUT2D eigenvalue weighted by Gasteiger charge is -2.31. The summed E-state index contributed by atoms with van der Waals surface area (Å²) < 4.78 is 13.7. The number of imidazole rings is 1. The van der Waals surface area contributed by atoms with Gasteiger partial charge in [-0.1, -0.05) is 18.6 Å². The Kier molecular flexibility index (Phi) is 7.82. The lowest BCUT2D eigenvalue weighted by atomic mass is 10.1. The van der Waals surface area contributed by atoms with Crippen LogP contribution in [0, 0.1) is 6.92 Å². The topological polar surface area (TPSA) is 81.5 Å². The van der Waals surface area contributed by atoms with Gasteiger partial charge < -0.3 is 19.4 Å². The Morgan fingerprint density at radius 2 is 2.06 bits per heavy atom. The number of likely N-dealkylation sites (N-methyl/N-ethyl adjacent to an activating group) is 1. The zero-order valence-corrected chi connectivity index (χ0v) is 21.5. The van der Waals surface area contributed by atoms with Crippen LogP contribution >= 0.6 is 0 Å². The molecule has 2 aliphatic rings. The number of amides is 1. The third kappa shape index (κ3) is 5.71. The summed E-state index contributed by atoms with van der Waals surface area (Å²) in [6.45, 7) is 6.47. The van der Waals surface area contributed by atoms with Gasteiger partial charge in [0.05, 0.1) is 5.56 Å². The number of ether oxygens (including phenoxy) is 2. The van der Waals surface area contributed by atoms with Crippen molar-refractivity contribution in [3.05, 3.63) is 53.0 Å². The Labute approximate surface area is 213 Å². The molecule has 3 aromatic rings. The van der Waals surface area contributed by atoms with E-state index in [-0.39, 0.29) is 5.91 Å². The molecule has 0 saturated carbocycles. The standard InChI is InChI=1S/C28H37N5O3/c1-20-17-24(26-27(30-20)33-12-5-3-4-9-25(33)31-26)28(34)29-19-21-7-6-8-23(18-21)36-16-13-32(2)22-10-14-35-15-11-22/h6-8,17-18,22H,3-5,9-16,19H2,1-2H3,(H,29,34). The highest BCUT2D eigenvalue weighted by atomic mass is 16.5. The molecule has 1 N–H and O–H groups in total. The molecule has 1 amide bonds. The minimum Gasteiger partial charge on any atom is -0.492 e. The number of hydrogen-bond acceptors (Lipinski definition) is 6. The summed E-state index contributed by atoms with van der Waals surface area (Å²) in [5.41, 5.74) is 3.97. The average molecular weight is 492 g/mol. The van der Waals surface area contributed by atoms with Crippen molar-refractivity contribution in [3.63, 3.8) is 0 Å². The number of benzene rings is 1. The van der Waals surface area contributed by atoms with Crippen LogP contribution < -0.4 is 10.1 Å². The SMILES string of the molecule is Cc1cc(C(=O)NCc2cccc(OCCN(C)C3CCOCC3)c2)c2nc3n(c2n1)CCCCC3. The molecule has 36 heavy (non-hydrogen) atoms. The fraction of sp³-hybridized carbons (Fsp3) is 0.536. The van der Waals surface area contributed by atoms with Crippen LogP contribution in [-0.4, -0.2) is 64.8 Å². The lowest BCUT2D eigenvalue weighted by Crippen LogP contribution is -2.38. The molecule has 0 atom stereocenters. The van der Waals surface area contributed by atoms with Crippen LogP contribution in [0.15, 0.2) is 30.3 Å². The van der Waals surface area contributed by atoms with Crippen molar-refractivity contribution >= 4 is 17.1 Å². The van der Waals surface area contributed by atoms with Gasteiger partial charge in [0.15, 0.2) is 5.65 Å². The minimum atomic E-state index is -0.122. The van der Waals surface area contributed by atoms with Crippen molar-refractivity contribution in [2.24, 2.45) is 0 Å². The fourth-order valence-electron chi connectivity index (χ4n) is 5.23. The summed E-state index contributed by atoms with van der Waals surface area (Å²) in [5, 5.41) is 3.08. The maximum Gasteiger partial charge on any atom is 0.253 e. The van der Waals surface area contributed by atoms with Crippen LogP contribution in [0.2, 0.25) is 0 Å². The van der Waals surface area contributed by atoms with E-state index in [1.807, 2.05) is 37.3 Å². The van der Waals surface area contributed by atoms with Gasteiger partial charge in [0.25, 0.3) is 5.91 Å². The molecule has 192 valence electrons. The molecule has 8 nitrogen and oxygen atoms in total. The van der Waals surface area contributed by atoms with E-state index in [1.54, 1.807) is 0 Å². The van der Waals surface area contributed by atoms with Gasteiger partial charge in [-0.05, 0) is 63.4 Å². The normalized spacial score (nSPS) is 16.6. The first kappa shape index (κ1) is 24.7. The van der Waals surface area contributed by atoms with Crippen molar-refractivity contribution in [1.29, 1.82) is 0 Å². The second-order valence-electron chi connectivity index (χ2n) is 9.98. The lowest BCUT2D eigenvalue weighted by molar-refractivity contribution is 0.0392. The minimum absolute atomic E-state index is 0.122. The molecule has 4 heterocycles. The highest BCUT2D eigenvalue weighted by Crippen LogP contribution is 2.24. The Hall–Kier alpha value is -2.97. The molecule has 2 aromatic heterocycles. The second kappa shape index (κ2) is 11.4. The van der Waals surface area contributed by atoms with Gasteiger partial charge in [-0.15, -0.1) is 0 Å². The first-order chi connectivity index (χ1) is 17.6. The Balaban J connectivity index is 1.20. The molecular weight excluding hydrogens is 454 g/mol. The number of aromatic nitrogens is 3. The van der Waals surface area contributed by atoms with Gasteiger partial charge in [-0.2, -0.15) is 0 Å². The number of fused-ring (bicyclic) bond motifs is 3. The number of carbonyl (C=O) groups is 1. The van der Waals surface area contributed by atoms with Crippen LogP contribution in [-0.2, 0) is 24.2 Å². The van der Waals surface area contributed by atoms with E-state index in [0.717, 1.165) is 86.9 Å². The molecular formula is C28H37N5O3. The van der Waals surface area contributed by atoms with Crippen LogP contribution in [0.4, 0.5) is 0 Å². The van der Waals surface area contributed by atoms with E-state index in [9.17, 15) is 4.79 Å². The van der Waals surface area contributed by atoms with E-state index in [0.29, 0.717) is 30.3 Å². The number of carbonyl (C=O) groups excluding carboxylic acids is 1. The summed E-state index contributed by atoms with van der Waals surface area (Å²) in [5.74, 6) is 1.74. The number of pyridine rings is 1. The molecule has 0 bridgehead atoms. The van der Waals surface area contributed by atoms with Crippen molar-refractivity contribution in [2.75, 3.05) is 33.4 Å². The quantitative estimate of drug-likeness (QED) is 0.515. The predicted molar refractivity (Wildman–Crippen MR) is 139 cm³/mol. The molecule has 2 aliphatic heterocycles. The summed E-state index contributed by atoms with van der Waals surface area (Å²) in [7, 11) is 2.15.